The van der Waals surface area contributed by atoms with Gasteiger partial charge in [-0.15, -0.1) is 0 Å². The first kappa shape index (κ1) is 26.1. The zero-order valence-corrected chi connectivity index (χ0v) is 20.3. The predicted octanol–water partition coefficient (Wildman–Crippen LogP) is 2.94. The van der Waals surface area contributed by atoms with Crippen LogP contribution in [0.25, 0.3) is 0 Å². The first-order valence-electron chi connectivity index (χ1n) is 11.4. The molecule has 2 N–H and O–H groups in total. The van der Waals surface area contributed by atoms with Crippen LogP contribution in [0.15, 0.2) is 30.5 Å². The van der Waals surface area contributed by atoms with Crippen LogP contribution >= 0.6 is 0 Å². The van der Waals surface area contributed by atoms with Gasteiger partial charge < -0.3 is 20.3 Å². The Morgan fingerprint density at radius 1 is 1.23 bits per heavy atom. The molecule has 1 unspecified atom stereocenters. The van der Waals surface area contributed by atoms with E-state index >= 15 is 0 Å². The predicted molar refractivity (Wildman–Crippen MR) is 125 cm³/mol. The first-order chi connectivity index (χ1) is 16.5. The summed E-state index contributed by atoms with van der Waals surface area (Å²) in [7, 11) is 0. The van der Waals surface area contributed by atoms with Crippen molar-refractivity contribution in [3.05, 3.63) is 58.4 Å². The van der Waals surface area contributed by atoms with Gasteiger partial charge in [0.15, 0.2) is 6.61 Å². The van der Waals surface area contributed by atoms with Crippen LogP contribution in [0.1, 0.15) is 59.6 Å². The molecule has 0 fully saturated rings. The van der Waals surface area contributed by atoms with Gasteiger partial charge in [0.25, 0.3) is 11.8 Å². The Morgan fingerprint density at radius 3 is 2.60 bits per heavy atom. The Balaban J connectivity index is 1.68. The number of aromatic nitrogens is 1. The van der Waals surface area contributed by atoms with Crippen molar-refractivity contribution in [2.45, 2.75) is 52.6 Å². The molecule has 0 bridgehead atoms. The monoisotopic (exact) mass is 488 g/mol. The van der Waals surface area contributed by atoms with Gasteiger partial charge in [-0.2, -0.15) is 0 Å². The maximum Gasteiger partial charge on any atom is 0.278 e. The van der Waals surface area contributed by atoms with Crippen molar-refractivity contribution < 1.29 is 27.9 Å². The van der Waals surface area contributed by atoms with E-state index in [-0.39, 0.29) is 30.2 Å². The van der Waals surface area contributed by atoms with Crippen LogP contribution in [0.4, 0.5) is 8.78 Å². The number of rotatable bonds is 10. The second-order valence-corrected chi connectivity index (χ2v) is 8.79. The van der Waals surface area contributed by atoms with Crippen molar-refractivity contribution in [2.75, 3.05) is 19.7 Å². The molecular formula is C25H30F2N4O4. The van der Waals surface area contributed by atoms with E-state index in [1.165, 1.54) is 13.1 Å². The molecule has 1 aromatic carbocycles. The molecule has 0 saturated heterocycles. The maximum absolute atomic E-state index is 13.1. The lowest BCUT2D eigenvalue weighted by Crippen LogP contribution is -2.34. The second-order valence-electron chi connectivity index (χ2n) is 8.79. The molecule has 0 spiro atoms. The standard InChI is InChI=1S/C25H30F2N4O4/c1-15-11-18(5-6-22(15)35-14-25(4,26)27)16(2)31-13-20-19(24(31)34)7-8-29-21(20)12-23(33)30-10-9-28-17(3)32/h5-8,11,16H,9-10,12-14H2,1-4H3,(H,28,32)(H,30,33). The summed E-state index contributed by atoms with van der Waals surface area (Å²) < 4.78 is 31.5. The van der Waals surface area contributed by atoms with E-state index in [1.54, 1.807) is 30.0 Å². The zero-order chi connectivity index (χ0) is 25.8. The molecular weight excluding hydrogens is 458 g/mol. The molecule has 1 aliphatic heterocycles. The normalized spacial score (nSPS) is 13.9. The number of benzene rings is 1. The minimum absolute atomic E-state index is 0.0198. The van der Waals surface area contributed by atoms with E-state index in [0.29, 0.717) is 47.8 Å². The van der Waals surface area contributed by atoms with Crippen molar-refractivity contribution >= 4 is 17.7 Å². The average Bonchev–Trinajstić information content (AvgIpc) is 3.12. The number of nitrogens with one attached hydrogen (secondary N) is 2. The van der Waals surface area contributed by atoms with E-state index in [0.717, 1.165) is 12.5 Å². The fourth-order valence-electron chi connectivity index (χ4n) is 3.91. The van der Waals surface area contributed by atoms with Gasteiger partial charge in [0.2, 0.25) is 11.8 Å². The summed E-state index contributed by atoms with van der Waals surface area (Å²) in [5, 5.41) is 5.33. The molecule has 35 heavy (non-hydrogen) atoms. The van der Waals surface area contributed by atoms with Crippen molar-refractivity contribution in [3.63, 3.8) is 0 Å². The highest BCUT2D eigenvalue weighted by Gasteiger charge is 2.34. The maximum atomic E-state index is 13.1. The molecule has 1 atom stereocenters. The molecule has 2 aromatic rings. The molecule has 0 radical (unpaired) electrons. The Labute approximate surface area is 203 Å². The number of nitrogens with zero attached hydrogens (tertiary/aromatic N) is 2. The number of hydrogen-bond donors (Lipinski definition) is 2. The van der Waals surface area contributed by atoms with E-state index in [1.807, 2.05) is 13.0 Å². The van der Waals surface area contributed by atoms with Gasteiger partial charge in [-0.3, -0.25) is 19.4 Å². The molecule has 10 heteroatoms. The number of ether oxygens (including phenoxy) is 1. The van der Waals surface area contributed by atoms with E-state index in [4.69, 9.17) is 4.74 Å². The molecule has 0 aliphatic carbocycles. The molecule has 1 aliphatic rings. The van der Waals surface area contributed by atoms with Gasteiger partial charge in [-0.05, 0) is 37.1 Å². The van der Waals surface area contributed by atoms with Gasteiger partial charge in [0.1, 0.15) is 5.75 Å². The number of alkyl halides is 2. The summed E-state index contributed by atoms with van der Waals surface area (Å²) >= 11 is 0. The minimum Gasteiger partial charge on any atom is -0.487 e. The Hall–Kier alpha value is -3.56. The SMILES string of the molecule is CC(=O)NCCNC(=O)Cc1nccc2c1CN(C(C)c1ccc(OCC(C)(F)F)c(C)c1)C2=O. The molecule has 1 aromatic heterocycles. The van der Waals surface area contributed by atoms with Gasteiger partial charge in [0, 0.05) is 50.8 Å². The number of carbonyl (C=O) groups excluding carboxylic acids is 3. The van der Waals surface area contributed by atoms with Crippen molar-refractivity contribution in [3.8, 4) is 5.75 Å². The highest BCUT2D eigenvalue weighted by molar-refractivity contribution is 5.99. The van der Waals surface area contributed by atoms with Crippen molar-refractivity contribution in [2.24, 2.45) is 0 Å². The first-order valence-corrected chi connectivity index (χ1v) is 11.4. The van der Waals surface area contributed by atoms with Crippen molar-refractivity contribution in [1.29, 1.82) is 0 Å². The third kappa shape index (κ3) is 6.74. The summed E-state index contributed by atoms with van der Waals surface area (Å²) in [4.78, 5) is 42.4. The Kier molecular flexibility index (Phi) is 8.03. The van der Waals surface area contributed by atoms with Crippen LogP contribution in [0.5, 0.6) is 5.75 Å². The molecule has 3 amide bonds. The van der Waals surface area contributed by atoms with Crippen LogP contribution in [0.2, 0.25) is 0 Å². The van der Waals surface area contributed by atoms with Gasteiger partial charge in [0.05, 0.1) is 18.2 Å². The molecule has 3 rings (SSSR count). The molecule has 8 nitrogen and oxygen atoms in total. The van der Waals surface area contributed by atoms with Crippen LogP contribution in [-0.4, -0.2) is 53.2 Å². The summed E-state index contributed by atoms with van der Waals surface area (Å²) in [6.45, 7) is 6.08. The molecule has 188 valence electrons. The number of amides is 3. The average molecular weight is 489 g/mol. The molecule has 2 heterocycles. The van der Waals surface area contributed by atoms with Gasteiger partial charge in [-0.25, -0.2) is 8.78 Å². The lowest BCUT2D eigenvalue weighted by Gasteiger charge is -2.25. The Bertz CT molecular complexity index is 1120. The van der Waals surface area contributed by atoms with E-state index < -0.39 is 12.5 Å². The fraction of sp³-hybridized carbons (Fsp3) is 0.440. The van der Waals surface area contributed by atoms with Crippen LogP contribution in [-0.2, 0) is 22.6 Å². The van der Waals surface area contributed by atoms with Crippen LogP contribution in [0.3, 0.4) is 0 Å². The van der Waals surface area contributed by atoms with Crippen molar-refractivity contribution in [1.82, 2.24) is 20.5 Å². The Morgan fingerprint density at radius 2 is 1.94 bits per heavy atom. The number of aryl methyl sites for hydroxylation is 1. The highest BCUT2D eigenvalue weighted by atomic mass is 19.3. The number of carbonyl (C=O) groups is 3. The fourth-order valence-corrected chi connectivity index (χ4v) is 3.91. The molecule has 0 saturated carbocycles. The minimum atomic E-state index is -2.93. The quantitative estimate of drug-likeness (QED) is 0.501. The third-order valence-electron chi connectivity index (χ3n) is 5.74. The summed E-state index contributed by atoms with van der Waals surface area (Å²) in [6.07, 6.45) is 1.54. The lowest BCUT2D eigenvalue weighted by atomic mass is 10.0. The van der Waals surface area contributed by atoms with E-state index in [2.05, 4.69) is 15.6 Å². The highest BCUT2D eigenvalue weighted by Crippen LogP contribution is 2.34. The summed E-state index contributed by atoms with van der Waals surface area (Å²) in [5.74, 6) is -3.14. The number of fused-ring (bicyclic) bond motifs is 1. The second kappa shape index (κ2) is 10.8. The third-order valence-corrected chi connectivity index (χ3v) is 5.74. The zero-order valence-electron chi connectivity index (χ0n) is 20.3. The summed E-state index contributed by atoms with van der Waals surface area (Å²) in [5.41, 5.74) is 3.28. The number of hydrogen-bond acceptors (Lipinski definition) is 5. The van der Waals surface area contributed by atoms with Crippen LogP contribution < -0.4 is 15.4 Å². The number of halogens is 2. The van der Waals surface area contributed by atoms with Gasteiger partial charge >= 0.3 is 0 Å². The smallest absolute Gasteiger partial charge is 0.278 e. The number of pyridine rings is 1. The summed E-state index contributed by atoms with van der Waals surface area (Å²) in [6, 6.07) is 6.58. The topological polar surface area (TPSA) is 101 Å². The largest absolute Gasteiger partial charge is 0.487 e. The van der Waals surface area contributed by atoms with E-state index in [9.17, 15) is 23.2 Å². The lowest BCUT2D eigenvalue weighted by molar-refractivity contribution is -0.121. The van der Waals surface area contributed by atoms with Crippen LogP contribution in [0, 0.1) is 6.92 Å². The van der Waals surface area contributed by atoms with Gasteiger partial charge in [-0.1, -0.05) is 12.1 Å².